The molecular weight excluding hydrogens is 565 g/mol. The lowest BCUT2D eigenvalue weighted by atomic mass is 9.45. The van der Waals surface area contributed by atoms with Crippen molar-refractivity contribution in [1.82, 2.24) is 0 Å². The lowest BCUT2D eigenvalue weighted by molar-refractivity contribution is -0.757. The molecule has 12 heteroatoms. The predicted molar refractivity (Wildman–Crippen MR) is 149 cm³/mol. The third-order valence-electron chi connectivity index (χ3n) is 10.7. The number of ether oxygens (including phenoxy) is 2. The number of unbranched alkanes of at least 4 members (excludes halogenated alkanes) is 1. The zero-order chi connectivity index (χ0) is 31.8. The van der Waals surface area contributed by atoms with Crippen LogP contribution in [-0.2, 0) is 33.5 Å². The molecule has 4 aliphatic rings. The number of esters is 2. The average Bonchev–Trinajstić information content (AvgIpc) is 3.16. The van der Waals surface area contributed by atoms with Crippen molar-refractivity contribution >= 4 is 23.5 Å². The van der Waals surface area contributed by atoms with E-state index in [0.29, 0.717) is 18.4 Å². The van der Waals surface area contributed by atoms with E-state index < -0.39 is 75.4 Å². The monoisotopic (exact) mass is 607 g/mol. The second-order valence-corrected chi connectivity index (χ2v) is 13.0. The number of fused-ring (bicyclic) bond motifs is 5. The van der Waals surface area contributed by atoms with Crippen LogP contribution in [-0.4, -0.2) is 64.3 Å². The van der Waals surface area contributed by atoms with Crippen molar-refractivity contribution in [3.05, 3.63) is 33.9 Å². The number of alkyl halides is 1. The normalized spacial score (nSPS) is 37.8. The standard InChI is InChI=1S/C31H42FNO10/c1-5-6-8-27(38)43-31(25(36)18-41-26(37)9-7-14-42-33(39)40)19(2)15-23-22-11-10-20-16-21(34)12-13-28(20,3)30(22,32)24(35)17-29(23,31)4/h10,12-13,19,22-24,35H,5-9,11,14-18H2,1-4H3/t19-,22?,23-,24-,28-,29-,30-,31-/m0/s1. The Kier molecular flexibility index (Phi) is 9.21. The SMILES string of the molecule is CCCCC(=O)O[C@]1(C(=O)COC(=O)CCCO[N+](=O)[O-])[C@@H](C)C[C@H]2C3CC=C4CC(=O)C=C[C@]4(C)[C@@]3(F)[C@@H](O)C[C@@]21C. The van der Waals surface area contributed by atoms with Gasteiger partial charge in [-0.05, 0) is 51.0 Å². The van der Waals surface area contributed by atoms with Crippen molar-refractivity contribution in [2.24, 2.45) is 28.6 Å². The number of halogens is 1. The smallest absolute Gasteiger partial charge is 0.306 e. The molecule has 4 aliphatic carbocycles. The second kappa shape index (κ2) is 12.1. The van der Waals surface area contributed by atoms with Gasteiger partial charge in [-0.15, -0.1) is 10.1 Å². The van der Waals surface area contributed by atoms with Crippen LogP contribution in [0.15, 0.2) is 23.8 Å². The molecule has 0 aromatic heterocycles. The first-order chi connectivity index (χ1) is 20.2. The van der Waals surface area contributed by atoms with Gasteiger partial charge in [0, 0.05) is 41.9 Å². The van der Waals surface area contributed by atoms with E-state index >= 15 is 4.39 Å². The van der Waals surface area contributed by atoms with Crippen LogP contribution < -0.4 is 0 Å². The summed E-state index contributed by atoms with van der Waals surface area (Å²) in [5, 5.41) is 21.0. The van der Waals surface area contributed by atoms with Crippen LogP contribution in [0.1, 0.15) is 85.5 Å². The Bertz CT molecular complexity index is 1230. The molecule has 2 fully saturated rings. The van der Waals surface area contributed by atoms with E-state index in [0.717, 1.165) is 6.42 Å². The molecule has 0 amide bonds. The number of hydrogen-bond acceptors (Lipinski definition) is 10. The molecule has 238 valence electrons. The van der Waals surface area contributed by atoms with Crippen molar-refractivity contribution in [1.29, 1.82) is 0 Å². The van der Waals surface area contributed by atoms with E-state index in [-0.39, 0.29) is 50.9 Å². The quantitative estimate of drug-likeness (QED) is 0.112. The number of carbonyl (C=O) groups is 4. The van der Waals surface area contributed by atoms with E-state index in [4.69, 9.17) is 9.47 Å². The highest BCUT2D eigenvalue weighted by atomic mass is 19.1. The summed E-state index contributed by atoms with van der Waals surface area (Å²) in [6.45, 7) is 6.12. The molecule has 1 unspecified atom stereocenters. The molecule has 11 nitrogen and oxygen atoms in total. The highest BCUT2D eigenvalue weighted by Crippen LogP contribution is 2.71. The Balaban J connectivity index is 1.66. The van der Waals surface area contributed by atoms with Crippen LogP contribution in [0.2, 0.25) is 0 Å². The summed E-state index contributed by atoms with van der Waals surface area (Å²) < 4.78 is 28.9. The predicted octanol–water partition coefficient (Wildman–Crippen LogP) is 4.18. The first kappa shape index (κ1) is 32.8. The Hall–Kier alpha value is -3.15. The Morgan fingerprint density at radius 2 is 1.86 bits per heavy atom. The fraction of sp³-hybridized carbons (Fsp3) is 0.742. The molecule has 8 atom stereocenters. The summed E-state index contributed by atoms with van der Waals surface area (Å²) in [7, 11) is 0. The molecule has 0 aromatic carbocycles. The molecular formula is C31H42FNO10. The number of allylic oxidation sites excluding steroid dienone is 4. The van der Waals surface area contributed by atoms with Crippen LogP contribution in [0.5, 0.6) is 0 Å². The lowest BCUT2D eigenvalue weighted by Gasteiger charge is -2.62. The first-order valence-electron chi connectivity index (χ1n) is 15.1. The molecule has 1 N–H and O–H groups in total. The van der Waals surface area contributed by atoms with Gasteiger partial charge in [-0.25, -0.2) is 4.39 Å². The van der Waals surface area contributed by atoms with Crippen LogP contribution in [0.4, 0.5) is 4.39 Å². The molecule has 4 rings (SSSR count). The number of ketones is 2. The summed E-state index contributed by atoms with van der Waals surface area (Å²) >= 11 is 0. The van der Waals surface area contributed by atoms with Crippen molar-refractivity contribution in [2.45, 2.75) is 103 Å². The molecule has 0 aliphatic heterocycles. The molecule has 0 bridgehead atoms. The van der Waals surface area contributed by atoms with Gasteiger partial charge in [-0.1, -0.05) is 44.9 Å². The zero-order valence-corrected chi connectivity index (χ0v) is 25.3. The minimum Gasteiger partial charge on any atom is -0.457 e. The highest BCUT2D eigenvalue weighted by Gasteiger charge is 2.77. The van der Waals surface area contributed by atoms with Gasteiger partial charge in [-0.3, -0.25) is 19.2 Å². The molecule has 0 heterocycles. The number of rotatable bonds is 12. The van der Waals surface area contributed by atoms with Crippen LogP contribution in [0, 0.1) is 38.7 Å². The third-order valence-corrected chi connectivity index (χ3v) is 10.7. The topological polar surface area (TPSA) is 159 Å². The molecule has 43 heavy (non-hydrogen) atoms. The van der Waals surface area contributed by atoms with Crippen LogP contribution >= 0.6 is 0 Å². The summed E-state index contributed by atoms with van der Waals surface area (Å²) in [6, 6.07) is 0. The molecule has 2 saturated carbocycles. The van der Waals surface area contributed by atoms with E-state index in [1.54, 1.807) is 26.8 Å². The van der Waals surface area contributed by atoms with Crippen molar-refractivity contribution in [3.63, 3.8) is 0 Å². The van der Waals surface area contributed by atoms with Gasteiger partial charge in [-0.2, -0.15) is 0 Å². The fourth-order valence-corrected chi connectivity index (χ4v) is 8.54. The van der Waals surface area contributed by atoms with Crippen molar-refractivity contribution in [3.8, 4) is 0 Å². The van der Waals surface area contributed by atoms with Crippen LogP contribution in [0.3, 0.4) is 0 Å². The second-order valence-electron chi connectivity index (χ2n) is 13.0. The number of nitrogens with zero attached hydrogens (tertiary/aromatic N) is 1. The van der Waals surface area contributed by atoms with Gasteiger partial charge in [0.05, 0.1) is 12.7 Å². The fourth-order valence-electron chi connectivity index (χ4n) is 8.54. The van der Waals surface area contributed by atoms with E-state index in [1.165, 1.54) is 6.08 Å². The van der Waals surface area contributed by atoms with Gasteiger partial charge in [0.2, 0.25) is 5.78 Å². The van der Waals surface area contributed by atoms with Crippen LogP contribution in [0.25, 0.3) is 0 Å². The molecule has 0 spiro atoms. The Morgan fingerprint density at radius 1 is 1.16 bits per heavy atom. The van der Waals surface area contributed by atoms with Gasteiger partial charge < -0.3 is 19.4 Å². The minimum absolute atomic E-state index is 0.00210. The summed E-state index contributed by atoms with van der Waals surface area (Å²) in [4.78, 5) is 66.3. The molecule has 0 radical (unpaired) electrons. The Labute approximate surface area is 250 Å². The molecule has 0 aromatic rings. The summed E-state index contributed by atoms with van der Waals surface area (Å²) in [5.41, 5.74) is -5.68. The van der Waals surface area contributed by atoms with Gasteiger partial charge >= 0.3 is 11.9 Å². The zero-order valence-electron chi connectivity index (χ0n) is 25.3. The summed E-state index contributed by atoms with van der Waals surface area (Å²) in [5.74, 6) is -3.93. The minimum atomic E-state index is -2.12. The van der Waals surface area contributed by atoms with E-state index in [2.05, 4.69) is 4.84 Å². The Morgan fingerprint density at radius 3 is 2.53 bits per heavy atom. The first-order valence-corrected chi connectivity index (χ1v) is 15.1. The largest absolute Gasteiger partial charge is 0.457 e. The van der Waals surface area contributed by atoms with Crippen molar-refractivity contribution < 1.29 is 48.1 Å². The van der Waals surface area contributed by atoms with Gasteiger partial charge in [0.15, 0.2) is 23.7 Å². The maximum absolute atomic E-state index is 17.6. The third kappa shape index (κ3) is 5.29. The maximum atomic E-state index is 17.6. The average molecular weight is 608 g/mol. The molecule has 0 saturated heterocycles. The number of hydrogen-bond donors (Lipinski definition) is 1. The number of aliphatic hydroxyl groups excluding tert-OH is 1. The number of Topliss-reactive ketones (excluding diaryl/α,β-unsaturated/α-hetero) is 1. The number of aliphatic hydroxyl groups is 1. The van der Waals surface area contributed by atoms with Gasteiger partial charge in [0.25, 0.3) is 5.09 Å². The van der Waals surface area contributed by atoms with Gasteiger partial charge in [0.1, 0.15) is 0 Å². The maximum Gasteiger partial charge on any atom is 0.306 e. The lowest BCUT2D eigenvalue weighted by Crippen LogP contribution is -2.69. The van der Waals surface area contributed by atoms with Crippen molar-refractivity contribution in [2.75, 3.05) is 13.2 Å². The number of carbonyl (C=O) groups excluding carboxylic acids is 4. The summed E-state index contributed by atoms with van der Waals surface area (Å²) in [6.07, 6.45) is 4.85. The van der Waals surface area contributed by atoms with E-state index in [9.17, 15) is 34.4 Å². The van der Waals surface area contributed by atoms with E-state index in [1.807, 2.05) is 13.0 Å². The highest BCUT2D eigenvalue weighted by molar-refractivity contribution is 5.94.